The number of para-hydroxylation sites is 2. The lowest BCUT2D eigenvalue weighted by atomic mass is 9.70. The Morgan fingerprint density at radius 1 is 0.379 bits per heavy atom. The second-order valence-corrected chi connectivity index (χ2v) is 16.0. The normalized spacial score (nSPS) is 13.7. The molecule has 0 fully saturated rings. The fourth-order valence-corrected chi connectivity index (χ4v) is 11.2. The summed E-state index contributed by atoms with van der Waals surface area (Å²) in [5, 5.41) is 5.88. The molecule has 1 aliphatic heterocycles. The van der Waals surface area contributed by atoms with Gasteiger partial charge in [0.25, 0.3) is 0 Å². The van der Waals surface area contributed by atoms with E-state index in [1.54, 1.807) is 0 Å². The first-order chi connectivity index (χ1) is 28.8. The topological polar surface area (TPSA) is 30.7 Å². The van der Waals surface area contributed by atoms with Crippen molar-refractivity contribution < 1.29 is 0 Å². The third kappa shape index (κ3) is 3.57. The van der Waals surface area contributed by atoms with Gasteiger partial charge in [0.05, 0.1) is 33.3 Å². The van der Waals surface area contributed by atoms with Crippen molar-refractivity contribution in [2.75, 3.05) is 0 Å². The van der Waals surface area contributed by atoms with Crippen LogP contribution in [-0.2, 0) is 5.41 Å². The predicted octanol–water partition coefficient (Wildman–Crippen LogP) is 13.5. The van der Waals surface area contributed by atoms with Gasteiger partial charge in [0.15, 0.2) is 5.82 Å². The van der Waals surface area contributed by atoms with Crippen molar-refractivity contribution >= 4 is 43.5 Å². The minimum absolute atomic E-state index is 0.497. The van der Waals surface area contributed by atoms with Gasteiger partial charge in [-0.15, -0.1) is 0 Å². The highest BCUT2D eigenvalue weighted by atomic mass is 15.0. The van der Waals surface area contributed by atoms with Crippen molar-refractivity contribution in [3.8, 4) is 61.7 Å². The van der Waals surface area contributed by atoms with Gasteiger partial charge in [-0.05, 0) is 62.5 Å². The molecule has 0 amide bonds. The molecule has 0 atom stereocenters. The van der Waals surface area contributed by atoms with Crippen LogP contribution in [0.5, 0.6) is 0 Å². The number of fused-ring (bicyclic) bond motifs is 16. The SMILES string of the molecule is c1ccc(-c2nc(-c3ccc4c5c3-c3ccccc3-n3c6ccccc6c6ccc(c-5c63)C43c4ccccc4-c4ccccc43)nc3c2ccc2ccccc23)cc1. The third-order valence-electron chi connectivity index (χ3n) is 13.3. The van der Waals surface area contributed by atoms with Crippen LogP contribution < -0.4 is 0 Å². The maximum Gasteiger partial charge on any atom is 0.161 e. The van der Waals surface area contributed by atoms with E-state index < -0.39 is 5.41 Å². The molecule has 2 aromatic heterocycles. The lowest BCUT2D eigenvalue weighted by molar-refractivity contribution is 0.794. The van der Waals surface area contributed by atoms with E-state index in [9.17, 15) is 0 Å². The summed E-state index contributed by atoms with van der Waals surface area (Å²) in [6.07, 6.45) is 0. The van der Waals surface area contributed by atoms with Gasteiger partial charge in [-0.2, -0.15) is 0 Å². The van der Waals surface area contributed by atoms with Crippen LogP contribution in [0.25, 0.3) is 105 Å². The van der Waals surface area contributed by atoms with E-state index in [0.29, 0.717) is 0 Å². The lowest BCUT2D eigenvalue weighted by Gasteiger charge is -2.31. The van der Waals surface area contributed by atoms with E-state index in [0.717, 1.165) is 38.9 Å². The van der Waals surface area contributed by atoms with Crippen LogP contribution in [0.3, 0.4) is 0 Å². The number of nitrogens with zero attached hydrogens (tertiary/aromatic N) is 3. The zero-order valence-corrected chi connectivity index (χ0v) is 31.2. The Kier molecular flexibility index (Phi) is 5.70. The third-order valence-corrected chi connectivity index (χ3v) is 13.3. The van der Waals surface area contributed by atoms with Gasteiger partial charge >= 0.3 is 0 Å². The molecule has 11 aromatic rings. The first-order valence-electron chi connectivity index (χ1n) is 20.1. The monoisotopic (exact) mass is 733 g/mol. The zero-order chi connectivity index (χ0) is 37.7. The molecule has 2 aliphatic carbocycles. The maximum absolute atomic E-state index is 5.60. The van der Waals surface area contributed by atoms with Gasteiger partial charge in [0.2, 0.25) is 0 Å². The summed E-state index contributed by atoms with van der Waals surface area (Å²) >= 11 is 0. The molecule has 1 spiro atoms. The average Bonchev–Trinajstić information content (AvgIpc) is 3.87. The van der Waals surface area contributed by atoms with Gasteiger partial charge in [-0.25, -0.2) is 9.97 Å². The van der Waals surface area contributed by atoms with Crippen molar-refractivity contribution in [3.05, 3.63) is 210 Å². The molecule has 9 aromatic carbocycles. The Labute approximate surface area is 334 Å². The average molecular weight is 734 g/mol. The van der Waals surface area contributed by atoms with Crippen LogP contribution in [0.4, 0.5) is 0 Å². The minimum Gasteiger partial charge on any atom is -0.308 e. The molecule has 3 heteroatoms. The molecule has 3 aliphatic rings. The summed E-state index contributed by atoms with van der Waals surface area (Å²) < 4.78 is 2.54. The highest BCUT2D eigenvalue weighted by Crippen LogP contribution is 2.67. The number of hydrogen-bond acceptors (Lipinski definition) is 2. The zero-order valence-electron chi connectivity index (χ0n) is 31.2. The second-order valence-electron chi connectivity index (χ2n) is 16.0. The second kappa shape index (κ2) is 10.8. The van der Waals surface area contributed by atoms with Crippen molar-refractivity contribution in [3.63, 3.8) is 0 Å². The number of hydrogen-bond donors (Lipinski definition) is 0. The largest absolute Gasteiger partial charge is 0.308 e. The molecule has 0 bridgehead atoms. The van der Waals surface area contributed by atoms with E-state index in [4.69, 9.17) is 9.97 Å². The molecule has 266 valence electrons. The molecule has 14 rings (SSSR count). The standard InChI is InChI=1S/C55H31N3/c1-2-15-33(16-3-1)51-41-27-26-32-14-4-5-17-34(32)52(41)57-54(56-51)40-29-31-44-49-48(40)39-21-9-13-25-47(39)58-46-24-12-8-20-37(46)38-28-30-45(50(49)53(38)58)55(44)42-22-10-6-18-35(42)36-19-7-11-23-43(36)55/h1-31H. The summed E-state index contributed by atoms with van der Waals surface area (Å²) in [4.78, 5) is 11.2. The Bertz CT molecular complexity index is 3580. The highest BCUT2D eigenvalue weighted by molar-refractivity contribution is 6.21. The van der Waals surface area contributed by atoms with Crippen LogP contribution >= 0.6 is 0 Å². The quantitative estimate of drug-likeness (QED) is 0.166. The van der Waals surface area contributed by atoms with Crippen molar-refractivity contribution in [2.24, 2.45) is 0 Å². The smallest absolute Gasteiger partial charge is 0.161 e. The van der Waals surface area contributed by atoms with E-state index in [-0.39, 0.29) is 0 Å². The number of rotatable bonds is 2. The van der Waals surface area contributed by atoms with Crippen molar-refractivity contribution in [1.82, 2.24) is 14.5 Å². The van der Waals surface area contributed by atoms with Crippen molar-refractivity contribution in [2.45, 2.75) is 5.41 Å². The van der Waals surface area contributed by atoms with Gasteiger partial charge in [-0.3, -0.25) is 0 Å². The van der Waals surface area contributed by atoms with Gasteiger partial charge in [-0.1, -0.05) is 170 Å². The van der Waals surface area contributed by atoms with Crippen LogP contribution in [0, 0.1) is 0 Å². The lowest BCUT2D eigenvalue weighted by Crippen LogP contribution is -2.26. The molecule has 3 nitrogen and oxygen atoms in total. The molecule has 3 heterocycles. The molecular formula is C55H31N3. The van der Waals surface area contributed by atoms with E-state index in [2.05, 4.69) is 193 Å². The Morgan fingerprint density at radius 2 is 1.02 bits per heavy atom. The minimum atomic E-state index is -0.497. The highest BCUT2D eigenvalue weighted by Gasteiger charge is 2.54. The molecule has 58 heavy (non-hydrogen) atoms. The van der Waals surface area contributed by atoms with Gasteiger partial charge < -0.3 is 4.57 Å². The number of aromatic nitrogens is 3. The fraction of sp³-hybridized carbons (Fsp3) is 0.0182. The fourth-order valence-electron chi connectivity index (χ4n) is 11.2. The molecule has 0 radical (unpaired) electrons. The van der Waals surface area contributed by atoms with E-state index in [1.807, 2.05) is 0 Å². The summed E-state index contributed by atoms with van der Waals surface area (Å²) in [7, 11) is 0. The predicted molar refractivity (Wildman–Crippen MR) is 238 cm³/mol. The summed E-state index contributed by atoms with van der Waals surface area (Å²) in [6, 6.07) is 69.2. The molecule has 0 saturated carbocycles. The Morgan fingerprint density at radius 3 is 1.84 bits per heavy atom. The van der Waals surface area contributed by atoms with Gasteiger partial charge in [0.1, 0.15) is 0 Å². The van der Waals surface area contributed by atoms with Crippen LogP contribution in [0.15, 0.2) is 188 Å². The number of benzene rings is 9. The molecule has 0 N–H and O–H groups in total. The maximum atomic E-state index is 5.60. The van der Waals surface area contributed by atoms with Crippen LogP contribution in [0.2, 0.25) is 0 Å². The van der Waals surface area contributed by atoms with E-state index >= 15 is 0 Å². The van der Waals surface area contributed by atoms with Crippen LogP contribution in [0.1, 0.15) is 22.3 Å². The van der Waals surface area contributed by atoms with E-state index in [1.165, 1.54) is 88.5 Å². The van der Waals surface area contributed by atoms with Crippen molar-refractivity contribution in [1.29, 1.82) is 0 Å². The summed E-state index contributed by atoms with van der Waals surface area (Å²) in [5.74, 6) is 0.730. The van der Waals surface area contributed by atoms with Gasteiger partial charge in [0, 0.05) is 49.4 Å². The molecule has 0 unspecified atom stereocenters. The van der Waals surface area contributed by atoms with Crippen LogP contribution in [-0.4, -0.2) is 14.5 Å². The first kappa shape index (κ1) is 30.6. The summed E-state index contributed by atoms with van der Waals surface area (Å²) in [6.45, 7) is 0. The summed E-state index contributed by atoms with van der Waals surface area (Å²) in [5.41, 5.74) is 20.0. The molecule has 0 saturated heterocycles. The molecular weight excluding hydrogens is 703 g/mol. The Balaban J connectivity index is 1.20. The Hall–Kier alpha value is -7.62. The first-order valence-corrected chi connectivity index (χ1v) is 20.1.